The molecule has 4 nitrogen and oxygen atoms in total. The summed E-state index contributed by atoms with van der Waals surface area (Å²) in [5.74, 6) is -0.188. The summed E-state index contributed by atoms with van der Waals surface area (Å²) in [5.41, 5.74) is 12.6. The number of thiophene rings is 1. The molecule has 0 aliphatic carbocycles. The number of nitrogens with two attached hydrogens (primary N) is 1. The van der Waals surface area contributed by atoms with Gasteiger partial charge in [0.05, 0.1) is 24.7 Å². The molecule has 1 aromatic heterocycles. The highest BCUT2D eigenvalue weighted by Gasteiger charge is 2.18. The van der Waals surface area contributed by atoms with Crippen LogP contribution in [0.25, 0.3) is 22.3 Å². The van der Waals surface area contributed by atoms with Crippen LogP contribution >= 0.6 is 11.3 Å². The Morgan fingerprint density at radius 2 is 1.93 bits per heavy atom. The smallest absolute Gasteiger partial charge is 0.306 e. The number of ether oxygens (including phenoxy) is 1. The number of aryl methyl sites for hydroxylation is 2. The van der Waals surface area contributed by atoms with Crippen LogP contribution in [0.1, 0.15) is 29.3 Å². The molecule has 0 fully saturated rings. The zero-order chi connectivity index (χ0) is 20.1. The Morgan fingerprint density at radius 3 is 2.57 bits per heavy atom. The van der Waals surface area contributed by atoms with Gasteiger partial charge in [0, 0.05) is 21.7 Å². The standard InChI is InChI=1S/C23H22N2O2S/c1-3-27-22(26)11-10-21-23(19-9-4-16(13-24)12-15(19)2)20(14-28-21)17-5-7-18(25)8-6-17/h4-9,12,14H,3,10-11,25H2,1-2H3. The molecule has 0 radical (unpaired) electrons. The van der Waals surface area contributed by atoms with E-state index in [1.807, 2.05) is 56.3 Å². The zero-order valence-corrected chi connectivity index (χ0v) is 16.8. The highest BCUT2D eigenvalue weighted by Crippen LogP contribution is 2.41. The monoisotopic (exact) mass is 390 g/mol. The van der Waals surface area contributed by atoms with Gasteiger partial charge in [0.15, 0.2) is 0 Å². The molecule has 0 spiro atoms. The second kappa shape index (κ2) is 8.73. The number of carbonyl (C=O) groups excluding carboxylic acids is 1. The minimum atomic E-state index is -0.188. The SMILES string of the molecule is CCOC(=O)CCc1scc(-c2ccc(N)cc2)c1-c1ccc(C#N)cc1C. The van der Waals surface area contributed by atoms with Gasteiger partial charge < -0.3 is 10.5 Å². The molecule has 0 saturated heterocycles. The van der Waals surface area contributed by atoms with E-state index in [1.54, 1.807) is 11.3 Å². The van der Waals surface area contributed by atoms with Gasteiger partial charge in [0.1, 0.15) is 0 Å². The lowest BCUT2D eigenvalue weighted by atomic mass is 9.92. The Balaban J connectivity index is 2.08. The molecule has 0 atom stereocenters. The van der Waals surface area contributed by atoms with Crippen LogP contribution in [0.5, 0.6) is 0 Å². The van der Waals surface area contributed by atoms with Crippen LogP contribution in [0, 0.1) is 18.3 Å². The molecular formula is C23H22N2O2S. The maximum atomic E-state index is 11.9. The topological polar surface area (TPSA) is 76.1 Å². The lowest BCUT2D eigenvalue weighted by Gasteiger charge is -2.12. The lowest BCUT2D eigenvalue weighted by Crippen LogP contribution is -2.05. The highest BCUT2D eigenvalue weighted by atomic mass is 32.1. The van der Waals surface area contributed by atoms with Crippen LogP contribution in [0.2, 0.25) is 0 Å². The van der Waals surface area contributed by atoms with Crippen LogP contribution in [0.4, 0.5) is 5.69 Å². The van der Waals surface area contributed by atoms with Crippen molar-refractivity contribution in [3.05, 3.63) is 63.8 Å². The van der Waals surface area contributed by atoms with Gasteiger partial charge in [0.25, 0.3) is 0 Å². The minimum absolute atomic E-state index is 0.188. The average Bonchev–Trinajstić information content (AvgIpc) is 3.10. The number of hydrogen-bond acceptors (Lipinski definition) is 5. The van der Waals surface area contributed by atoms with Crippen molar-refractivity contribution in [2.75, 3.05) is 12.3 Å². The molecule has 2 N–H and O–H groups in total. The molecule has 0 saturated carbocycles. The van der Waals surface area contributed by atoms with Crippen LogP contribution in [-0.2, 0) is 16.0 Å². The van der Waals surface area contributed by atoms with E-state index in [4.69, 9.17) is 10.5 Å². The molecule has 0 amide bonds. The Labute approximate surface area is 169 Å². The molecule has 0 unspecified atom stereocenters. The van der Waals surface area contributed by atoms with Gasteiger partial charge in [0.2, 0.25) is 0 Å². The summed E-state index contributed by atoms with van der Waals surface area (Å²) in [4.78, 5) is 13.0. The summed E-state index contributed by atoms with van der Waals surface area (Å²) in [6.45, 7) is 4.21. The van der Waals surface area contributed by atoms with Crippen molar-refractivity contribution in [2.45, 2.75) is 26.7 Å². The molecule has 0 aliphatic heterocycles. The van der Waals surface area contributed by atoms with Crippen molar-refractivity contribution in [1.82, 2.24) is 0 Å². The first-order chi connectivity index (χ1) is 13.5. The van der Waals surface area contributed by atoms with Crippen LogP contribution in [0.3, 0.4) is 0 Å². The third-order valence-corrected chi connectivity index (χ3v) is 5.62. The molecule has 3 rings (SSSR count). The first-order valence-electron chi connectivity index (χ1n) is 9.16. The molecule has 0 aliphatic rings. The van der Waals surface area contributed by atoms with Crippen molar-refractivity contribution >= 4 is 23.0 Å². The molecule has 142 valence electrons. The van der Waals surface area contributed by atoms with Crippen LogP contribution < -0.4 is 5.73 Å². The average molecular weight is 391 g/mol. The Morgan fingerprint density at radius 1 is 1.18 bits per heavy atom. The molecule has 28 heavy (non-hydrogen) atoms. The highest BCUT2D eigenvalue weighted by molar-refractivity contribution is 7.11. The number of hydrogen-bond donors (Lipinski definition) is 1. The summed E-state index contributed by atoms with van der Waals surface area (Å²) in [7, 11) is 0. The van der Waals surface area contributed by atoms with Crippen molar-refractivity contribution in [2.24, 2.45) is 0 Å². The number of nitrogen functional groups attached to an aromatic ring is 1. The van der Waals surface area contributed by atoms with Crippen molar-refractivity contribution in [3.63, 3.8) is 0 Å². The Kier molecular flexibility index (Phi) is 6.13. The van der Waals surface area contributed by atoms with Gasteiger partial charge in [-0.15, -0.1) is 11.3 Å². The summed E-state index contributed by atoms with van der Waals surface area (Å²) < 4.78 is 5.08. The molecule has 3 aromatic rings. The van der Waals surface area contributed by atoms with Crippen molar-refractivity contribution in [3.8, 4) is 28.3 Å². The Hall–Kier alpha value is -3.10. The van der Waals surface area contributed by atoms with E-state index in [1.165, 1.54) is 0 Å². The predicted molar refractivity (Wildman–Crippen MR) is 114 cm³/mol. The zero-order valence-electron chi connectivity index (χ0n) is 16.0. The molecule has 2 aromatic carbocycles. The predicted octanol–water partition coefficient (Wildman–Crippen LogP) is 5.34. The lowest BCUT2D eigenvalue weighted by molar-refractivity contribution is -0.143. The van der Waals surface area contributed by atoms with Crippen molar-refractivity contribution < 1.29 is 9.53 Å². The summed E-state index contributed by atoms with van der Waals surface area (Å²) in [6.07, 6.45) is 0.963. The van der Waals surface area contributed by atoms with E-state index >= 15 is 0 Å². The fourth-order valence-electron chi connectivity index (χ4n) is 3.21. The molecular weight excluding hydrogens is 368 g/mol. The number of nitrogens with zero attached hydrogens (tertiary/aromatic N) is 1. The van der Waals surface area contributed by atoms with Gasteiger partial charge in [-0.3, -0.25) is 4.79 Å². The number of rotatable bonds is 6. The van der Waals surface area contributed by atoms with Gasteiger partial charge in [-0.2, -0.15) is 5.26 Å². The van der Waals surface area contributed by atoms with E-state index in [9.17, 15) is 10.1 Å². The quantitative estimate of drug-likeness (QED) is 0.455. The maximum Gasteiger partial charge on any atom is 0.306 e. The number of anilines is 1. The van der Waals surface area contributed by atoms with Crippen LogP contribution in [0.15, 0.2) is 47.8 Å². The normalized spacial score (nSPS) is 10.5. The fourth-order valence-corrected chi connectivity index (χ4v) is 4.29. The second-order valence-electron chi connectivity index (χ2n) is 6.52. The largest absolute Gasteiger partial charge is 0.466 e. The van der Waals surface area contributed by atoms with E-state index in [0.717, 1.165) is 38.4 Å². The fraction of sp³-hybridized carbons (Fsp3) is 0.217. The van der Waals surface area contributed by atoms with E-state index < -0.39 is 0 Å². The first kappa shape index (κ1) is 19.7. The third kappa shape index (κ3) is 4.24. The number of nitriles is 1. The summed E-state index contributed by atoms with van der Waals surface area (Å²) in [5, 5.41) is 11.3. The summed E-state index contributed by atoms with van der Waals surface area (Å²) in [6, 6.07) is 15.7. The third-order valence-electron chi connectivity index (χ3n) is 4.58. The molecule has 0 bridgehead atoms. The number of esters is 1. The van der Waals surface area contributed by atoms with Gasteiger partial charge in [-0.1, -0.05) is 18.2 Å². The second-order valence-corrected chi connectivity index (χ2v) is 7.48. The minimum Gasteiger partial charge on any atom is -0.466 e. The summed E-state index contributed by atoms with van der Waals surface area (Å²) >= 11 is 1.64. The Bertz CT molecular complexity index is 1030. The van der Waals surface area contributed by atoms with Crippen LogP contribution in [-0.4, -0.2) is 12.6 Å². The van der Waals surface area contributed by atoms with Crippen molar-refractivity contribution in [1.29, 1.82) is 5.26 Å². The first-order valence-corrected chi connectivity index (χ1v) is 10.0. The molecule has 5 heteroatoms. The number of carbonyl (C=O) groups is 1. The maximum absolute atomic E-state index is 11.9. The van der Waals surface area contributed by atoms with E-state index in [0.29, 0.717) is 25.0 Å². The van der Waals surface area contributed by atoms with Gasteiger partial charge in [-0.25, -0.2) is 0 Å². The number of benzene rings is 2. The van der Waals surface area contributed by atoms with E-state index in [2.05, 4.69) is 11.4 Å². The van der Waals surface area contributed by atoms with Gasteiger partial charge in [-0.05, 0) is 66.6 Å². The van der Waals surface area contributed by atoms with E-state index in [-0.39, 0.29) is 5.97 Å². The molecule has 1 heterocycles. The van der Waals surface area contributed by atoms with Gasteiger partial charge >= 0.3 is 5.97 Å².